The van der Waals surface area contributed by atoms with Crippen molar-refractivity contribution in [3.8, 4) is 34.4 Å². The zero-order valence-electron chi connectivity index (χ0n) is 55.4. The minimum atomic E-state index is -3.06. The summed E-state index contributed by atoms with van der Waals surface area (Å²) >= 11 is 0. The Labute approximate surface area is 591 Å². The zero-order valence-corrected chi connectivity index (χ0v) is 58.4. The number of hydrogen-bond acceptors (Lipinski definition) is 3. The number of aromatic nitrogens is 5. The van der Waals surface area contributed by atoms with Gasteiger partial charge in [-0.2, -0.15) is 9.97 Å². The molecule has 0 saturated heterocycles. The van der Waals surface area contributed by atoms with Gasteiger partial charge in [0.2, 0.25) is 5.95 Å². The molecule has 0 aliphatic carbocycles. The molecule has 101 heavy (non-hydrogen) atoms. The van der Waals surface area contributed by atoms with Gasteiger partial charge in [-0.05, 0) is 92.6 Å². The first kappa shape index (κ1) is 60.9. The molecular formula is C93H67N5Si3. The Kier molecular flexibility index (Phi) is 15.5. The van der Waals surface area contributed by atoms with Crippen LogP contribution in [-0.2, 0) is 0 Å². The fourth-order valence-electron chi connectivity index (χ4n) is 16.6. The van der Waals surface area contributed by atoms with Crippen LogP contribution in [0.3, 0.4) is 0 Å². The molecule has 0 unspecified atom stereocenters. The Hall–Kier alpha value is -12.4. The van der Waals surface area contributed by atoms with Crippen molar-refractivity contribution in [2.75, 3.05) is 0 Å². The van der Waals surface area contributed by atoms with Gasteiger partial charge >= 0.3 is 0 Å². The Morgan fingerprint density at radius 3 is 0.881 bits per heavy atom. The number of rotatable bonds is 16. The molecule has 3 heterocycles. The highest BCUT2D eigenvalue weighted by atomic mass is 28.3. The van der Waals surface area contributed by atoms with Crippen LogP contribution in [0.25, 0.3) is 78.0 Å². The van der Waals surface area contributed by atoms with Crippen molar-refractivity contribution in [1.29, 1.82) is 0 Å². The van der Waals surface area contributed by atoms with Gasteiger partial charge in [-0.25, -0.2) is 4.98 Å². The SMILES string of the molecule is c1ccc(-n2c3ccccc3c3c2ccc2c4cc([Si](c5ccccc5)(c5ccccc5)c5ccccc5)ccc4n(-c4nc(-c5cccc([Si](c6ccccc6)(c6ccccc6)c6ccccc6)c5)nc(-c5cccc([Si](c6ccccc6)(c6ccccc6)c6ccccc6)c5)n4)c23)cc1. The van der Waals surface area contributed by atoms with Crippen molar-refractivity contribution in [2.45, 2.75) is 0 Å². The maximum Gasteiger partial charge on any atom is 0.238 e. The van der Waals surface area contributed by atoms with E-state index in [9.17, 15) is 0 Å². The summed E-state index contributed by atoms with van der Waals surface area (Å²) in [7, 11) is -9.16. The first-order valence-electron chi connectivity index (χ1n) is 34.7. The number of hydrogen-bond donors (Lipinski definition) is 0. The fourth-order valence-corrected chi connectivity index (χ4v) is 30.9. The predicted octanol–water partition coefficient (Wildman–Crippen LogP) is 13.5. The standard InChI is InChI=1S/C93H67N5Si3/c1-11-37-70(38-12-1)97-86-60-32-31-59-84(86)89-88(97)64-62-83-85-67-82(101(77-51-25-8-26-52-77,78-53-27-9-28-54-78)79-55-29-10-30-56-79)61-63-87(85)98(90(83)89)93-95-91(68-35-33-57-80(65-68)99(71-39-13-2-14-40-71,72-41-15-3-16-42-72)73-43-17-4-18-44-73)94-92(96-93)69-36-34-58-81(66-69)100(74-45-19-5-20-46-74,75-47-21-6-22-48-75)76-49-23-7-24-50-76/h1-67H. The Balaban J connectivity index is 0.969. The molecule has 18 aromatic rings. The first-order valence-corrected chi connectivity index (χ1v) is 40.7. The maximum atomic E-state index is 5.96. The second-order valence-corrected chi connectivity index (χ2v) is 37.5. The van der Waals surface area contributed by atoms with Crippen LogP contribution in [0.15, 0.2) is 406 Å². The lowest BCUT2D eigenvalue weighted by Gasteiger charge is -2.34. The Morgan fingerprint density at radius 2 is 0.505 bits per heavy atom. The molecule has 0 atom stereocenters. The molecule has 0 N–H and O–H groups in total. The summed E-state index contributed by atoms with van der Waals surface area (Å²) in [6.07, 6.45) is 0. The third-order valence-corrected chi connectivity index (χ3v) is 35.1. The van der Waals surface area contributed by atoms with Gasteiger partial charge in [0.15, 0.2) is 35.9 Å². The molecule has 0 saturated carbocycles. The Bertz CT molecular complexity index is 5510. The molecule has 15 aromatic carbocycles. The van der Waals surface area contributed by atoms with Crippen LogP contribution < -0.4 is 62.2 Å². The van der Waals surface area contributed by atoms with E-state index in [1.165, 1.54) is 62.2 Å². The van der Waals surface area contributed by atoms with Gasteiger partial charge in [-0.3, -0.25) is 4.57 Å². The molecule has 0 aliphatic heterocycles. The van der Waals surface area contributed by atoms with E-state index in [0.29, 0.717) is 17.6 Å². The van der Waals surface area contributed by atoms with Crippen LogP contribution in [0.4, 0.5) is 0 Å². The van der Waals surface area contributed by atoms with Crippen molar-refractivity contribution >= 4 is 130 Å². The highest BCUT2D eigenvalue weighted by Gasteiger charge is 2.45. The number of nitrogens with zero attached hydrogens (tertiary/aromatic N) is 5. The van der Waals surface area contributed by atoms with E-state index < -0.39 is 24.2 Å². The lowest BCUT2D eigenvalue weighted by molar-refractivity contribution is 0.955. The summed E-state index contributed by atoms with van der Waals surface area (Å²) in [5.74, 6) is 1.66. The van der Waals surface area contributed by atoms with Gasteiger partial charge in [0.25, 0.3) is 0 Å². The summed E-state index contributed by atoms with van der Waals surface area (Å²) in [6, 6.07) is 151. The molecule has 8 heteroatoms. The van der Waals surface area contributed by atoms with Crippen molar-refractivity contribution in [2.24, 2.45) is 0 Å². The van der Waals surface area contributed by atoms with Crippen molar-refractivity contribution in [3.63, 3.8) is 0 Å². The lowest BCUT2D eigenvalue weighted by atomic mass is 10.1. The highest BCUT2D eigenvalue weighted by molar-refractivity contribution is 7.21. The van der Waals surface area contributed by atoms with Gasteiger partial charge in [0.1, 0.15) is 0 Å². The van der Waals surface area contributed by atoms with E-state index >= 15 is 0 Å². The Morgan fingerprint density at radius 1 is 0.198 bits per heavy atom. The van der Waals surface area contributed by atoms with Crippen LogP contribution in [0.1, 0.15) is 0 Å². The smallest absolute Gasteiger partial charge is 0.238 e. The largest absolute Gasteiger partial charge is 0.309 e. The first-order chi connectivity index (χ1) is 50.1. The molecule has 3 aromatic heterocycles. The van der Waals surface area contributed by atoms with E-state index in [2.05, 4.69) is 416 Å². The van der Waals surface area contributed by atoms with Crippen molar-refractivity contribution in [1.82, 2.24) is 24.1 Å². The highest BCUT2D eigenvalue weighted by Crippen LogP contribution is 2.42. The van der Waals surface area contributed by atoms with Gasteiger partial charge in [-0.15, -0.1) is 0 Å². The molecular weight excluding hydrogens is 1270 g/mol. The van der Waals surface area contributed by atoms with E-state index in [4.69, 9.17) is 15.0 Å². The molecule has 0 amide bonds. The summed E-state index contributed by atoms with van der Waals surface area (Å²) in [6.45, 7) is 0. The van der Waals surface area contributed by atoms with Gasteiger partial charge < -0.3 is 4.57 Å². The third-order valence-electron chi connectivity index (χ3n) is 20.8. The molecule has 18 rings (SSSR count). The normalized spacial score (nSPS) is 12.0. The molecule has 0 spiro atoms. The van der Waals surface area contributed by atoms with Crippen LogP contribution >= 0.6 is 0 Å². The molecule has 476 valence electrons. The zero-order chi connectivity index (χ0) is 67.2. The minimum absolute atomic E-state index is 0.519. The van der Waals surface area contributed by atoms with Crippen molar-refractivity contribution < 1.29 is 0 Å². The molecule has 5 nitrogen and oxygen atoms in total. The summed E-state index contributed by atoms with van der Waals surface area (Å²) < 4.78 is 4.80. The molecule has 0 aliphatic rings. The second-order valence-electron chi connectivity index (χ2n) is 26.1. The van der Waals surface area contributed by atoms with Crippen LogP contribution in [0.5, 0.6) is 0 Å². The number of benzene rings is 15. The molecule has 0 fully saturated rings. The lowest BCUT2D eigenvalue weighted by Crippen LogP contribution is -2.74. The third kappa shape index (κ3) is 10.0. The average molecular weight is 1340 g/mol. The monoisotopic (exact) mass is 1340 g/mol. The maximum absolute atomic E-state index is 5.96. The van der Waals surface area contributed by atoms with Gasteiger partial charge in [0.05, 0.1) is 22.1 Å². The average Bonchev–Trinajstić information content (AvgIpc) is 1.57. The van der Waals surface area contributed by atoms with E-state index in [0.717, 1.165) is 60.4 Å². The van der Waals surface area contributed by atoms with E-state index in [1.54, 1.807) is 0 Å². The topological polar surface area (TPSA) is 48.5 Å². The second kappa shape index (κ2) is 25.8. The minimum Gasteiger partial charge on any atom is -0.309 e. The van der Waals surface area contributed by atoms with E-state index in [1.807, 2.05) is 0 Å². The van der Waals surface area contributed by atoms with Crippen LogP contribution in [-0.4, -0.2) is 48.3 Å². The number of para-hydroxylation sites is 2. The quantitative estimate of drug-likeness (QED) is 0.0715. The fraction of sp³-hybridized carbons (Fsp3) is 0. The summed E-state index contributed by atoms with van der Waals surface area (Å²) in [5.41, 5.74) is 7.07. The van der Waals surface area contributed by atoms with E-state index in [-0.39, 0.29) is 0 Å². The van der Waals surface area contributed by atoms with Gasteiger partial charge in [0, 0.05) is 38.4 Å². The number of fused-ring (bicyclic) bond motifs is 7. The molecule has 0 bridgehead atoms. The molecule has 0 radical (unpaired) electrons. The summed E-state index contributed by atoms with van der Waals surface area (Å²) in [4.78, 5) is 17.7. The summed E-state index contributed by atoms with van der Waals surface area (Å²) in [5, 5.41) is 19.8. The van der Waals surface area contributed by atoms with Crippen LogP contribution in [0.2, 0.25) is 0 Å². The van der Waals surface area contributed by atoms with Crippen LogP contribution in [0, 0.1) is 0 Å². The van der Waals surface area contributed by atoms with Crippen molar-refractivity contribution in [3.05, 3.63) is 406 Å². The predicted molar refractivity (Wildman–Crippen MR) is 430 cm³/mol. The van der Waals surface area contributed by atoms with Gasteiger partial charge in [-0.1, -0.05) is 376 Å².